The maximum Gasteiger partial charge on any atom is 0.323 e. The molecule has 6 heteroatoms. The first-order valence-corrected chi connectivity index (χ1v) is 7.02. The van der Waals surface area contributed by atoms with Gasteiger partial charge >= 0.3 is 6.03 Å². The third-order valence-electron chi connectivity index (χ3n) is 2.80. The monoisotopic (exact) mass is 323 g/mol. The smallest absolute Gasteiger partial charge is 0.323 e. The van der Waals surface area contributed by atoms with E-state index in [0.717, 1.165) is 5.69 Å². The van der Waals surface area contributed by atoms with E-state index < -0.39 is 0 Å². The first kappa shape index (κ1) is 15.5. The van der Waals surface area contributed by atoms with Crippen LogP contribution in [0.1, 0.15) is 0 Å². The normalized spacial score (nSPS) is 10.1. The first-order chi connectivity index (χ1) is 9.95. The van der Waals surface area contributed by atoms with Gasteiger partial charge in [0.2, 0.25) is 0 Å². The number of nitrogens with one attached hydrogen (secondary N) is 2. The summed E-state index contributed by atoms with van der Waals surface area (Å²) in [5, 5.41) is 6.31. The van der Waals surface area contributed by atoms with Crippen molar-refractivity contribution in [3.05, 3.63) is 52.5 Å². The van der Waals surface area contributed by atoms with Crippen LogP contribution in [0.4, 0.5) is 21.9 Å². The molecule has 0 saturated heterocycles. The minimum absolute atomic E-state index is 0.343. The predicted molar refractivity (Wildman–Crippen MR) is 89.9 cm³/mol. The Hall–Kier alpha value is -1.91. The van der Waals surface area contributed by atoms with Crippen LogP contribution in [0.3, 0.4) is 0 Å². The summed E-state index contributed by atoms with van der Waals surface area (Å²) < 4.78 is 0. The van der Waals surface area contributed by atoms with Gasteiger partial charge in [0.15, 0.2) is 0 Å². The summed E-state index contributed by atoms with van der Waals surface area (Å²) in [4.78, 5) is 13.9. The number of nitrogens with zero attached hydrogens (tertiary/aromatic N) is 1. The van der Waals surface area contributed by atoms with Crippen LogP contribution >= 0.6 is 23.2 Å². The molecule has 0 aliphatic heterocycles. The number of anilines is 3. The highest BCUT2D eigenvalue weighted by molar-refractivity contribution is 6.42. The van der Waals surface area contributed by atoms with Gasteiger partial charge in [-0.25, -0.2) is 4.79 Å². The highest BCUT2D eigenvalue weighted by Gasteiger charge is 2.05. The maximum atomic E-state index is 11.9. The van der Waals surface area contributed by atoms with Crippen molar-refractivity contribution in [2.24, 2.45) is 0 Å². The Bertz CT molecular complexity index is 659. The SMILES string of the molecule is CN(C)c1cccc(NC(=O)Nc2ccc(Cl)c(Cl)c2)c1. The Kier molecular flexibility index (Phi) is 4.94. The highest BCUT2D eigenvalue weighted by atomic mass is 35.5. The summed E-state index contributed by atoms with van der Waals surface area (Å²) >= 11 is 11.7. The summed E-state index contributed by atoms with van der Waals surface area (Å²) in [5.74, 6) is 0. The second-order valence-electron chi connectivity index (χ2n) is 4.65. The average Bonchev–Trinajstić information content (AvgIpc) is 2.43. The molecule has 0 saturated carbocycles. The van der Waals surface area contributed by atoms with Crippen molar-refractivity contribution >= 4 is 46.3 Å². The molecule has 0 aromatic heterocycles. The van der Waals surface area contributed by atoms with Gasteiger partial charge in [-0.1, -0.05) is 29.3 Å². The molecule has 2 rings (SSSR count). The molecule has 2 N–H and O–H groups in total. The molecule has 0 spiro atoms. The second-order valence-corrected chi connectivity index (χ2v) is 5.47. The highest BCUT2D eigenvalue weighted by Crippen LogP contribution is 2.25. The van der Waals surface area contributed by atoms with Gasteiger partial charge in [-0.3, -0.25) is 0 Å². The number of amides is 2. The van der Waals surface area contributed by atoms with E-state index in [2.05, 4.69) is 10.6 Å². The molecule has 110 valence electrons. The molecule has 0 heterocycles. The van der Waals surface area contributed by atoms with E-state index in [4.69, 9.17) is 23.2 Å². The van der Waals surface area contributed by atoms with Crippen LogP contribution in [0.15, 0.2) is 42.5 Å². The molecule has 0 bridgehead atoms. The van der Waals surface area contributed by atoms with Crippen molar-refractivity contribution < 1.29 is 4.79 Å². The minimum Gasteiger partial charge on any atom is -0.378 e. The number of halogens is 2. The molecule has 0 unspecified atom stereocenters. The predicted octanol–water partition coefficient (Wildman–Crippen LogP) is 4.70. The molecule has 2 aromatic rings. The topological polar surface area (TPSA) is 44.4 Å². The van der Waals surface area contributed by atoms with Gasteiger partial charge in [-0.2, -0.15) is 0 Å². The van der Waals surface area contributed by atoms with E-state index in [1.807, 2.05) is 43.3 Å². The summed E-state index contributed by atoms with van der Waals surface area (Å²) in [5.41, 5.74) is 2.28. The first-order valence-electron chi connectivity index (χ1n) is 6.26. The molecular formula is C15H15Cl2N3O. The van der Waals surface area contributed by atoms with E-state index in [9.17, 15) is 4.79 Å². The van der Waals surface area contributed by atoms with Crippen LogP contribution in [0.25, 0.3) is 0 Å². The fourth-order valence-electron chi connectivity index (χ4n) is 1.73. The van der Waals surface area contributed by atoms with Crippen LogP contribution < -0.4 is 15.5 Å². The van der Waals surface area contributed by atoms with Crippen molar-refractivity contribution in [2.75, 3.05) is 29.6 Å². The van der Waals surface area contributed by atoms with E-state index in [-0.39, 0.29) is 6.03 Å². The van der Waals surface area contributed by atoms with Crippen molar-refractivity contribution in [3.63, 3.8) is 0 Å². The van der Waals surface area contributed by atoms with Crippen LogP contribution in [0.2, 0.25) is 10.0 Å². The van der Waals surface area contributed by atoms with Crippen LogP contribution in [0, 0.1) is 0 Å². The quantitative estimate of drug-likeness (QED) is 0.859. The number of carbonyl (C=O) groups excluding carboxylic acids is 1. The Morgan fingerprint density at radius 1 is 0.952 bits per heavy atom. The average molecular weight is 324 g/mol. The molecule has 0 aliphatic rings. The Morgan fingerprint density at radius 3 is 2.24 bits per heavy atom. The molecule has 0 aliphatic carbocycles. The van der Waals surface area contributed by atoms with Gasteiger partial charge in [-0.05, 0) is 36.4 Å². The van der Waals surface area contributed by atoms with Crippen LogP contribution in [0.5, 0.6) is 0 Å². The Morgan fingerprint density at radius 2 is 1.62 bits per heavy atom. The third kappa shape index (κ3) is 4.28. The lowest BCUT2D eigenvalue weighted by atomic mass is 10.2. The zero-order chi connectivity index (χ0) is 15.4. The number of urea groups is 1. The summed E-state index contributed by atoms with van der Waals surface area (Å²) in [6.45, 7) is 0. The fourth-order valence-corrected chi connectivity index (χ4v) is 2.03. The molecular weight excluding hydrogens is 309 g/mol. The van der Waals surface area contributed by atoms with Gasteiger partial charge in [0.25, 0.3) is 0 Å². The minimum atomic E-state index is -0.343. The molecule has 2 amide bonds. The lowest BCUT2D eigenvalue weighted by Gasteiger charge is -2.14. The van der Waals surface area contributed by atoms with E-state index in [0.29, 0.717) is 21.4 Å². The summed E-state index contributed by atoms with van der Waals surface area (Å²) in [6.07, 6.45) is 0. The maximum absolute atomic E-state index is 11.9. The van der Waals surface area contributed by atoms with Crippen molar-refractivity contribution in [1.29, 1.82) is 0 Å². The number of hydrogen-bond acceptors (Lipinski definition) is 2. The Balaban J connectivity index is 2.04. The molecule has 21 heavy (non-hydrogen) atoms. The standard InChI is InChI=1S/C15H15Cl2N3O/c1-20(2)12-5-3-4-10(8-12)18-15(21)19-11-6-7-13(16)14(17)9-11/h3-9H,1-2H3,(H2,18,19,21). The second kappa shape index (κ2) is 6.70. The summed E-state index contributed by atoms with van der Waals surface area (Å²) in [6, 6.07) is 12.1. The Labute approximate surface area is 133 Å². The van der Waals surface area contributed by atoms with Gasteiger partial charge in [0.1, 0.15) is 0 Å². The van der Waals surface area contributed by atoms with Crippen LogP contribution in [-0.2, 0) is 0 Å². The van der Waals surface area contributed by atoms with E-state index in [1.165, 1.54) is 0 Å². The fraction of sp³-hybridized carbons (Fsp3) is 0.133. The lowest BCUT2D eigenvalue weighted by Crippen LogP contribution is -2.19. The largest absolute Gasteiger partial charge is 0.378 e. The third-order valence-corrected chi connectivity index (χ3v) is 3.54. The van der Waals surface area contributed by atoms with Crippen molar-refractivity contribution in [3.8, 4) is 0 Å². The molecule has 2 aromatic carbocycles. The summed E-state index contributed by atoms with van der Waals surface area (Å²) in [7, 11) is 3.88. The number of rotatable bonds is 3. The number of carbonyl (C=O) groups is 1. The van der Waals surface area contributed by atoms with E-state index in [1.54, 1.807) is 18.2 Å². The van der Waals surface area contributed by atoms with Crippen molar-refractivity contribution in [1.82, 2.24) is 0 Å². The van der Waals surface area contributed by atoms with Gasteiger partial charge < -0.3 is 15.5 Å². The van der Waals surface area contributed by atoms with E-state index >= 15 is 0 Å². The van der Waals surface area contributed by atoms with Gasteiger partial charge in [0.05, 0.1) is 10.0 Å². The number of hydrogen-bond donors (Lipinski definition) is 2. The molecule has 0 atom stereocenters. The molecule has 0 radical (unpaired) electrons. The molecule has 4 nitrogen and oxygen atoms in total. The zero-order valence-corrected chi connectivity index (χ0v) is 13.2. The van der Waals surface area contributed by atoms with Crippen molar-refractivity contribution in [2.45, 2.75) is 0 Å². The number of benzene rings is 2. The van der Waals surface area contributed by atoms with Gasteiger partial charge in [0, 0.05) is 31.2 Å². The lowest BCUT2D eigenvalue weighted by molar-refractivity contribution is 0.262. The molecule has 0 fully saturated rings. The van der Waals surface area contributed by atoms with Crippen LogP contribution in [-0.4, -0.2) is 20.1 Å². The van der Waals surface area contributed by atoms with Gasteiger partial charge in [-0.15, -0.1) is 0 Å². The zero-order valence-electron chi connectivity index (χ0n) is 11.7.